The van der Waals surface area contributed by atoms with Gasteiger partial charge in [-0.2, -0.15) is 0 Å². The number of aryl methyl sites for hydroxylation is 1. The molecule has 0 radical (unpaired) electrons. The van der Waals surface area contributed by atoms with Gasteiger partial charge in [-0.05, 0) is 32.4 Å². The molecule has 1 aliphatic rings. The Kier molecular flexibility index (Phi) is 5.93. The van der Waals surface area contributed by atoms with Gasteiger partial charge in [-0.15, -0.1) is 0 Å². The predicted octanol–water partition coefficient (Wildman–Crippen LogP) is 2.70. The molecule has 24 heavy (non-hydrogen) atoms. The quantitative estimate of drug-likeness (QED) is 0.595. The molecule has 1 aromatic carbocycles. The first-order chi connectivity index (χ1) is 11.5. The molecule has 0 aromatic heterocycles. The predicted molar refractivity (Wildman–Crippen MR) is 92.1 cm³/mol. The summed E-state index contributed by atoms with van der Waals surface area (Å²) >= 11 is 0. The Morgan fingerprint density at radius 1 is 1.21 bits per heavy atom. The van der Waals surface area contributed by atoms with Crippen molar-refractivity contribution in [1.82, 2.24) is 4.90 Å². The van der Waals surface area contributed by atoms with Crippen LogP contribution >= 0.6 is 0 Å². The highest BCUT2D eigenvalue weighted by molar-refractivity contribution is 6.16. The molecule has 128 valence electrons. The molecule has 0 N–H and O–H groups in total. The summed E-state index contributed by atoms with van der Waals surface area (Å²) in [5.74, 6) is -0.671. The topological polar surface area (TPSA) is 55.8 Å². The number of hydrogen-bond donors (Lipinski definition) is 0. The van der Waals surface area contributed by atoms with Crippen molar-refractivity contribution in [3.8, 4) is 0 Å². The second kappa shape index (κ2) is 7.93. The summed E-state index contributed by atoms with van der Waals surface area (Å²) in [6.07, 6.45) is 1.74. The number of benzene rings is 1. The molecule has 2 rings (SSSR count). The number of allylic oxidation sites excluding steroid dienone is 1. The van der Waals surface area contributed by atoms with Gasteiger partial charge in [0.05, 0.1) is 24.4 Å². The Morgan fingerprint density at radius 2 is 1.88 bits per heavy atom. The van der Waals surface area contributed by atoms with Gasteiger partial charge in [0, 0.05) is 19.4 Å². The normalized spacial score (nSPS) is 16.2. The second-order valence-corrected chi connectivity index (χ2v) is 5.60. The fourth-order valence-corrected chi connectivity index (χ4v) is 2.61. The van der Waals surface area contributed by atoms with Crippen molar-refractivity contribution in [2.45, 2.75) is 20.8 Å². The minimum Gasteiger partial charge on any atom is -0.462 e. The molecule has 0 spiro atoms. The number of carbonyl (C=O) groups is 2. The highest BCUT2D eigenvalue weighted by Crippen LogP contribution is 2.31. The molecule has 0 bridgehead atoms. The van der Waals surface area contributed by atoms with Crippen LogP contribution in [-0.2, 0) is 19.1 Å². The van der Waals surface area contributed by atoms with Gasteiger partial charge in [0.2, 0.25) is 0 Å². The van der Waals surface area contributed by atoms with Crippen molar-refractivity contribution in [3.63, 3.8) is 0 Å². The summed E-state index contributed by atoms with van der Waals surface area (Å²) < 4.78 is 10.2. The lowest BCUT2D eigenvalue weighted by Crippen LogP contribution is -2.28. The van der Waals surface area contributed by atoms with E-state index in [0.717, 1.165) is 11.1 Å². The molecule has 0 unspecified atom stereocenters. The zero-order chi connectivity index (χ0) is 17.7. The second-order valence-electron chi connectivity index (χ2n) is 5.60. The van der Waals surface area contributed by atoms with Gasteiger partial charge in [0.15, 0.2) is 0 Å². The smallest absolute Gasteiger partial charge is 0.340 e. The highest BCUT2D eigenvalue weighted by atomic mass is 16.5. The molecule has 1 heterocycles. The van der Waals surface area contributed by atoms with Crippen molar-refractivity contribution < 1.29 is 19.1 Å². The number of nitrogens with zero attached hydrogens (tertiary/aromatic N) is 1. The van der Waals surface area contributed by atoms with Gasteiger partial charge in [-0.25, -0.2) is 4.79 Å². The van der Waals surface area contributed by atoms with Crippen LogP contribution in [0.5, 0.6) is 0 Å². The van der Waals surface area contributed by atoms with Crippen LogP contribution in [0, 0.1) is 6.92 Å². The molecular weight excluding hydrogens is 306 g/mol. The molecule has 0 fully saturated rings. The molecule has 1 aliphatic heterocycles. The third-order valence-corrected chi connectivity index (χ3v) is 3.90. The van der Waals surface area contributed by atoms with Crippen molar-refractivity contribution in [3.05, 3.63) is 52.2 Å². The van der Waals surface area contributed by atoms with E-state index < -0.39 is 5.97 Å². The largest absolute Gasteiger partial charge is 0.462 e. The van der Waals surface area contributed by atoms with Crippen LogP contribution < -0.4 is 0 Å². The highest BCUT2D eigenvalue weighted by Gasteiger charge is 2.36. The minimum absolute atomic E-state index is 0.201. The minimum atomic E-state index is -0.471. The Bertz CT molecular complexity index is 686. The molecule has 5 heteroatoms. The summed E-state index contributed by atoms with van der Waals surface area (Å²) in [6.45, 7) is 6.57. The molecule has 0 atom stereocenters. The maximum absolute atomic E-state index is 12.8. The lowest BCUT2D eigenvalue weighted by atomic mass is 10.0. The Morgan fingerprint density at radius 3 is 2.46 bits per heavy atom. The molecule has 0 saturated heterocycles. The maximum atomic E-state index is 12.8. The fraction of sp³-hybridized carbons (Fsp3) is 0.368. The summed E-state index contributed by atoms with van der Waals surface area (Å²) in [7, 11) is 1.58. The van der Waals surface area contributed by atoms with Crippen LogP contribution in [0.1, 0.15) is 25.0 Å². The molecule has 5 nitrogen and oxygen atoms in total. The van der Waals surface area contributed by atoms with E-state index in [-0.39, 0.29) is 12.5 Å². The van der Waals surface area contributed by atoms with Gasteiger partial charge in [-0.3, -0.25) is 4.79 Å². The zero-order valence-electron chi connectivity index (χ0n) is 14.6. The first-order valence-corrected chi connectivity index (χ1v) is 7.97. The van der Waals surface area contributed by atoms with Crippen LogP contribution in [0.2, 0.25) is 0 Å². The first kappa shape index (κ1) is 17.9. The summed E-state index contributed by atoms with van der Waals surface area (Å²) in [5, 5.41) is 0. The summed E-state index contributed by atoms with van der Waals surface area (Å²) in [6, 6.07) is 7.78. The number of hydrogen-bond acceptors (Lipinski definition) is 4. The Balaban J connectivity index is 2.44. The van der Waals surface area contributed by atoms with Gasteiger partial charge in [0.1, 0.15) is 0 Å². The van der Waals surface area contributed by atoms with E-state index in [2.05, 4.69) is 0 Å². The van der Waals surface area contributed by atoms with Crippen LogP contribution in [0.3, 0.4) is 0 Å². The van der Waals surface area contributed by atoms with E-state index >= 15 is 0 Å². The molecule has 0 saturated carbocycles. The molecular formula is C19H23NO4. The monoisotopic (exact) mass is 329 g/mol. The summed E-state index contributed by atoms with van der Waals surface area (Å²) in [4.78, 5) is 26.7. The number of carbonyl (C=O) groups excluding carboxylic acids is 2. The Hall–Kier alpha value is -2.40. The molecule has 1 aromatic rings. The number of methoxy groups -OCH3 is 1. The van der Waals surface area contributed by atoms with Crippen LogP contribution in [0.4, 0.5) is 0 Å². The fourth-order valence-electron chi connectivity index (χ4n) is 2.61. The van der Waals surface area contributed by atoms with Crippen LogP contribution in [-0.4, -0.2) is 43.6 Å². The molecule has 1 amide bonds. The third kappa shape index (κ3) is 3.74. The number of ether oxygens (including phenoxy) is 2. The lowest BCUT2D eigenvalue weighted by Gasteiger charge is -2.16. The molecule has 0 aliphatic carbocycles. The van der Waals surface area contributed by atoms with E-state index in [9.17, 15) is 9.59 Å². The van der Waals surface area contributed by atoms with Gasteiger partial charge in [-0.1, -0.05) is 29.8 Å². The van der Waals surface area contributed by atoms with E-state index in [1.54, 1.807) is 31.9 Å². The van der Waals surface area contributed by atoms with Crippen molar-refractivity contribution in [2.24, 2.45) is 0 Å². The standard InChI is InChI=1S/C19H23NO4/c1-5-24-19(22)17-14(3)20(10-11-23-4)18(21)16(17)12-15-8-6-13(2)7-9-15/h6-9,12H,5,10-11H2,1-4H3. The van der Waals surface area contributed by atoms with Crippen LogP contribution in [0.25, 0.3) is 6.08 Å². The van der Waals surface area contributed by atoms with Crippen molar-refractivity contribution in [2.75, 3.05) is 26.9 Å². The number of rotatable bonds is 6. The van der Waals surface area contributed by atoms with E-state index in [0.29, 0.717) is 30.0 Å². The number of amides is 1. The van der Waals surface area contributed by atoms with Crippen molar-refractivity contribution >= 4 is 18.0 Å². The van der Waals surface area contributed by atoms with E-state index in [1.165, 1.54) is 0 Å². The maximum Gasteiger partial charge on any atom is 0.340 e. The summed E-state index contributed by atoms with van der Waals surface area (Å²) in [5.41, 5.74) is 3.30. The van der Waals surface area contributed by atoms with Gasteiger partial charge in [0.25, 0.3) is 5.91 Å². The van der Waals surface area contributed by atoms with Gasteiger partial charge >= 0.3 is 5.97 Å². The van der Waals surface area contributed by atoms with Crippen molar-refractivity contribution in [1.29, 1.82) is 0 Å². The van der Waals surface area contributed by atoms with Crippen LogP contribution in [0.15, 0.2) is 41.1 Å². The third-order valence-electron chi connectivity index (χ3n) is 3.90. The number of esters is 1. The van der Waals surface area contributed by atoms with E-state index in [4.69, 9.17) is 9.47 Å². The first-order valence-electron chi connectivity index (χ1n) is 7.97. The Labute approximate surface area is 142 Å². The average molecular weight is 329 g/mol. The van der Waals surface area contributed by atoms with Gasteiger partial charge < -0.3 is 14.4 Å². The van der Waals surface area contributed by atoms with E-state index in [1.807, 2.05) is 31.2 Å². The average Bonchev–Trinajstić information content (AvgIpc) is 2.78. The zero-order valence-corrected chi connectivity index (χ0v) is 14.6. The SMILES string of the molecule is CCOC(=O)C1=C(C)N(CCOC)C(=O)C1=Cc1ccc(C)cc1. The lowest BCUT2D eigenvalue weighted by molar-refractivity contribution is -0.138.